The van der Waals surface area contributed by atoms with Gasteiger partial charge in [0.05, 0.1) is 21.9 Å². The highest BCUT2D eigenvalue weighted by Crippen LogP contribution is 2.27. The lowest BCUT2D eigenvalue weighted by Gasteiger charge is -2.10. The smallest absolute Gasteiger partial charge is 0.193 e. The third kappa shape index (κ3) is 3.04. The quantitative estimate of drug-likeness (QED) is 0.897. The summed E-state index contributed by atoms with van der Waals surface area (Å²) in [7, 11) is 0. The largest absolute Gasteiger partial charge is 0.448 e. The fraction of sp³-hybridized carbons (Fsp3) is 0.462. The number of aromatic nitrogens is 2. The van der Waals surface area contributed by atoms with Gasteiger partial charge in [0.25, 0.3) is 0 Å². The second-order valence-electron chi connectivity index (χ2n) is 4.33. The van der Waals surface area contributed by atoms with Gasteiger partial charge in [-0.15, -0.1) is 0 Å². The minimum absolute atomic E-state index is 0.226. The molecule has 104 valence electrons. The number of furan rings is 1. The van der Waals surface area contributed by atoms with Crippen molar-refractivity contribution in [2.24, 2.45) is 5.73 Å². The number of hydrogen-bond acceptors (Lipinski definition) is 3. The normalized spacial score (nSPS) is 12.9. The van der Waals surface area contributed by atoms with Crippen molar-refractivity contribution in [1.29, 1.82) is 0 Å². The zero-order chi connectivity index (χ0) is 14.0. The van der Waals surface area contributed by atoms with Crippen LogP contribution in [0, 0.1) is 0 Å². The van der Waals surface area contributed by atoms with E-state index in [0.717, 1.165) is 28.8 Å². The van der Waals surface area contributed by atoms with Crippen LogP contribution in [0.2, 0.25) is 5.22 Å². The molecule has 0 radical (unpaired) electrons. The van der Waals surface area contributed by atoms with Crippen LogP contribution < -0.4 is 5.73 Å². The predicted octanol–water partition coefficient (Wildman–Crippen LogP) is 3.72. The summed E-state index contributed by atoms with van der Waals surface area (Å²) in [5.74, 6) is 0.693. The van der Waals surface area contributed by atoms with E-state index in [-0.39, 0.29) is 6.04 Å². The summed E-state index contributed by atoms with van der Waals surface area (Å²) >= 11 is 9.39. The van der Waals surface area contributed by atoms with Crippen molar-refractivity contribution in [2.75, 3.05) is 0 Å². The van der Waals surface area contributed by atoms with Crippen LogP contribution in [0.25, 0.3) is 0 Å². The van der Waals surface area contributed by atoms with Crippen LogP contribution in [0.3, 0.4) is 0 Å². The number of rotatable bonds is 5. The summed E-state index contributed by atoms with van der Waals surface area (Å²) in [4.78, 5) is 0. The van der Waals surface area contributed by atoms with Gasteiger partial charge in [0.2, 0.25) is 0 Å². The summed E-state index contributed by atoms with van der Waals surface area (Å²) in [6.07, 6.45) is 1.55. The number of aryl methyl sites for hydroxylation is 2. The highest BCUT2D eigenvalue weighted by atomic mass is 79.9. The van der Waals surface area contributed by atoms with E-state index in [4.69, 9.17) is 21.8 Å². The second kappa shape index (κ2) is 6.11. The molecule has 6 heteroatoms. The summed E-state index contributed by atoms with van der Waals surface area (Å²) in [6, 6.07) is 3.30. The lowest BCUT2D eigenvalue weighted by Crippen LogP contribution is -2.15. The molecule has 0 spiro atoms. The number of nitrogens with zero attached hydrogens (tertiary/aromatic N) is 2. The average molecular weight is 347 g/mol. The van der Waals surface area contributed by atoms with E-state index >= 15 is 0 Å². The van der Waals surface area contributed by atoms with Crippen LogP contribution in [0.4, 0.5) is 0 Å². The minimum Gasteiger partial charge on any atom is -0.448 e. The fourth-order valence-electron chi connectivity index (χ4n) is 2.05. The first-order valence-electron chi connectivity index (χ1n) is 6.31. The first-order chi connectivity index (χ1) is 9.06. The van der Waals surface area contributed by atoms with Gasteiger partial charge in [-0.2, -0.15) is 5.10 Å². The minimum atomic E-state index is -0.226. The van der Waals surface area contributed by atoms with Gasteiger partial charge in [-0.25, -0.2) is 0 Å². The molecular weight excluding hydrogens is 330 g/mol. The van der Waals surface area contributed by atoms with Crippen molar-refractivity contribution in [3.63, 3.8) is 0 Å². The molecule has 2 N–H and O–H groups in total. The molecule has 0 saturated carbocycles. The number of halogens is 2. The summed E-state index contributed by atoms with van der Waals surface area (Å²) in [5, 5.41) is 4.92. The van der Waals surface area contributed by atoms with E-state index < -0.39 is 0 Å². The standard InChI is InChI=1S/C13H17BrClN3O/c1-3-9-13(14)10(18(4-2)17-9)7-8(16)11-5-6-12(15)19-11/h5-6,8H,3-4,7,16H2,1-2H3. The Morgan fingerprint density at radius 3 is 2.74 bits per heavy atom. The van der Waals surface area contributed by atoms with Crippen molar-refractivity contribution in [1.82, 2.24) is 9.78 Å². The molecule has 0 saturated heterocycles. The Morgan fingerprint density at radius 1 is 1.47 bits per heavy atom. The highest BCUT2D eigenvalue weighted by molar-refractivity contribution is 9.10. The summed E-state index contributed by atoms with van der Waals surface area (Å²) in [6.45, 7) is 4.97. The molecule has 0 bridgehead atoms. The monoisotopic (exact) mass is 345 g/mol. The van der Waals surface area contributed by atoms with E-state index in [0.29, 0.717) is 17.4 Å². The Balaban J connectivity index is 2.25. The molecule has 0 fully saturated rings. The highest BCUT2D eigenvalue weighted by Gasteiger charge is 2.19. The molecule has 2 heterocycles. The molecule has 0 aliphatic carbocycles. The van der Waals surface area contributed by atoms with E-state index in [1.165, 1.54) is 0 Å². The molecule has 2 aromatic rings. The third-order valence-corrected chi connectivity index (χ3v) is 4.19. The zero-order valence-electron chi connectivity index (χ0n) is 11.0. The van der Waals surface area contributed by atoms with Crippen molar-refractivity contribution in [2.45, 2.75) is 39.3 Å². The van der Waals surface area contributed by atoms with Crippen molar-refractivity contribution in [3.05, 3.63) is 39.0 Å². The van der Waals surface area contributed by atoms with Crippen LogP contribution >= 0.6 is 27.5 Å². The van der Waals surface area contributed by atoms with Gasteiger partial charge < -0.3 is 10.2 Å². The molecule has 0 aliphatic heterocycles. The van der Waals surface area contributed by atoms with Gasteiger partial charge in [0, 0.05) is 13.0 Å². The lowest BCUT2D eigenvalue weighted by molar-refractivity contribution is 0.457. The maximum absolute atomic E-state index is 6.17. The first-order valence-corrected chi connectivity index (χ1v) is 7.48. The van der Waals surface area contributed by atoms with Crippen LogP contribution in [-0.2, 0) is 19.4 Å². The van der Waals surface area contributed by atoms with Crippen LogP contribution in [-0.4, -0.2) is 9.78 Å². The molecule has 2 rings (SSSR count). The van der Waals surface area contributed by atoms with Gasteiger partial charge in [-0.1, -0.05) is 6.92 Å². The van der Waals surface area contributed by atoms with Gasteiger partial charge in [-0.3, -0.25) is 4.68 Å². The van der Waals surface area contributed by atoms with Crippen molar-refractivity contribution >= 4 is 27.5 Å². The Bertz CT molecular complexity index is 564. The molecule has 19 heavy (non-hydrogen) atoms. The van der Waals surface area contributed by atoms with E-state index in [2.05, 4.69) is 34.9 Å². The van der Waals surface area contributed by atoms with Gasteiger partial charge in [-0.05, 0) is 53.0 Å². The average Bonchev–Trinajstić information content (AvgIpc) is 2.95. The van der Waals surface area contributed by atoms with Crippen molar-refractivity contribution < 1.29 is 4.42 Å². The second-order valence-corrected chi connectivity index (χ2v) is 5.49. The number of nitrogens with two attached hydrogens (primary N) is 1. The fourth-order valence-corrected chi connectivity index (χ4v) is 2.93. The van der Waals surface area contributed by atoms with Gasteiger partial charge in [0.15, 0.2) is 5.22 Å². The molecular formula is C13H17BrClN3O. The van der Waals surface area contributed by atoms with Crippen molar-refractivity contribution in [3.8, 4) is 0 Å². The Hall–Kier alpha value is -0.780. The van der Waals surface area contributed by atoms with E-state index in [9.17, 15) is 0 Å². The van der Waals surface area contributed by atoms with E-state index in [1.807, 2.05) is 10.7 Å². The molecule has 0 aromatic carbocycles. The lowest BCUT2D eigenvalue weighted by atomic mass is 10.1. The number of hydrogen-bond donors (Lipinski definition) is 1. The third-order valence-electron chi connectivity index (χ3n) is 3.07. The van der Waals surface area contributed by atoms with E-state index in [1.54, 1.807) is 6.07 Å². The molecule has 0 amide bonds. The maximum atomic E-state index is 6.17. The van der Waals surface area contributed by atoms with Crippen LogP contribution in [0.15, 0.2) is 21.0 Å². The zero-order valence-corrected chi connectivity index (χ0v) is 13.3. The summed E-state index contributed by atoms with van der Waals surface area (Å²) < 4.78 is 8.39. The predicted molar refractivity (Wildman–Crippen MR) is 79.3 cm³/mol. The van der Waals surface area contributed by atoms with Crippen LogP contribution in [0.5, 0.6) is 0 Å². The Labute approximate surface area is 126 Å². The summed E-state index contributed by atoms with van der Waals surface area (Å²) in [5.41, 5.74) is 8.32. The first kappa shape index (κ1) is 14.6. The Kier molecular flexibility index (Phi) is 4.71. The molecule has 1 unspecified atom stereocenters. The molecule has 1 atom stereocenters. The topological polar surface area (TPSA) is 57.0 Å². The van der Waals surface area contributed by atoms with Gasteiger partial charge in [0.1, 0.15) is 5.76 Å². The van der Waals surface area contributed by atoms with Crippen LogP contribution in [0.1, 0.15) is 37.0 Å². The SMILES string of the molecule is CCc1nn(CC)c(CC(N)c2ccc(Cl)o2)c1Br. The molecule has 0 aliphatic rings. The molecule has 4 nitrogen and oxygen atoms in total. The molecule has 2 aromatic heterocycles. The van der Waals surface area contributed by atoms with Gasteiger partial charge >= 0.3 is 0 Å². The maximum Gasteiger partial charge on any atom is 0.193 e. The Morgan fingerprint density at radius 2 is 2.21 bits per heavy atom.